The number of rotatable bonds is 5. The van der Waals surface area contributed by atoms with Gasteiger partial charge in [0.25, 0.3) is 0 Å². The Balaban J connectivity index is 1.88. The van der Waals surface area contributed by atoms with Gasteiger partial charge in [-0.1, -0.05) is 6.42 Å². The molecule has 0 saturated carbocycles. The standard InChI is InChI=1S/C10H22N2/c1-12(2)8-4-3-5-10-6-7-11-9-10/h10-11H,3-9H2,1-2H3. The van der Waals surface area contributed by atoms with Crippen molar-refractivity contribution >= 4 is 0 Å². The second-order valence-corrected chi connectivity index (χ2v) is 4.16. The molecular weight excluding hydrogens is 148 g/mol. The third-order valence-electron chi connectivity index (χ3n) is 2.63. The monoisotopic (exact) mass is 170 g/mol. The molecule has 2 nitrogen and oxygen atoms in total. The first kappa shape index (κ1) is 10.0. The van der Waals surface area contributed by atoms with Crippen molar-refractivity contribution in [3.05, 3.63) is 0 Å². The van der Waals surface area contributed by atoms with E-state index in [1.54, 1.807) is 0 Å². The molecule has 0 amide bonds. The van der Waals surface area contributed by atoms with E-state index in [-0.39, 0.29) is 0 Å². The summed E-state index contributed by atoms with van der Waals surface area (Å²) in [5, 5.41) is 3.41. The molecular formula is C10H22N2. The molecule has 0 aromatic heterocycles. The van der Waals surface area contributed by atoms with Crippen molar-refractivity contribution in [2.24, 2.45) is 5.92 Å². The highest BCUT2D eigenvalue weighted by atomic mass is 15.0. The number of hydrogen-bond donors (Lipinski definition) is 1. The SMILES string of the molecule is CN(C)CCCCC1CCNC1. The van der Waals surface area contributed by atoms with Crippen LogP contribution in [0.15, 0.2) is 0 Å². The summed E-state index contributed by atoms with van der Waals surface area (Å²) < 4.78 is 0. The Kier molecular flexibility index (Phi) is 4.62. The van der Waals surface area contributed by atoms with Crippen molar-refractivity contribution in [3.8, 4) is 0 Å². The van der Waals surface area contributed by atoms with Gasteiger partial charge in [-0.15, -0.1) is 0 Å². The van der Waals surface area contributed by atoms with E-state index in [9.17, 15) is 0 Å². The van der Waals surface area contributed by atoms with Crippen LogP contribution in [0.25, 0.3) is 0 Å². The minimum absolute atomic E-state index is 0.979. The lowest BCUT2D eigenvalue weighted by atomic mass is 10.0. The molecule has 1 saturated heterocycles. The highest BCUT2D eigenvalue weighted by Crippen LogP contribution is 2.15. The Labute approximate surface area is 76.3 Å². The van der Waals surface area contributed by atoms with Gasteiger partial charge in [0.1, 0.15) is 0 Å². The maximum absolute atomic E-state index is 3.41. The minimum Gasteiger partial charge on any atom is -0.316 e. The number of nitrogens with one attached hydrogen (secondary N) is 1. The quantitative estimate of drug-likeness (QED) is 0.626. The van der Waals surface area contributed by atoms with E-state index in [2.05, 4.69) is 24.3 Å². The van der Waals surface area contributed by atoms with Crippen LogP contribution in [0.4, 0.5) is 0 Å². The molecule has 1 atom stereocenters. The topological polar surface area (TPSA) is 15.3 Å². The van der Waals surface area contributed by atoms with Crippen molar-refractivity contribution in [2.45, 2.75) is 25.7 Å². The zero-order valence-corrected chi connectivity index (χ0v) is 8.47. The van der Waals surface area contributed by atoms with Gasteiger partial charge in [0.15, 0.2) is 0 Å². The predicted octanol–water partition coefficient (Wildman–Crippen LogP) is 1.33. The largest absolute Gasteiger partial charge is 0.316 e. The maximum Gasteiger partial charge on any atom is -0.00200 e. The number of hydrogen-bond acceptors (Lipinski definition) is 2. The van der Waals surface area contributed by atoms with Crippen LogP contribution in [0.2, 0.25) is 0 Å². The zero-order chi connectivity index (χ0) is 8.81. The van der Waals surface area contributed by atoms with Gasteiger partial charge in [0, 0.05) is 0 Å². The van der Waals surface area contributed by atoms with E-state index < -0.39 is 0 Å². The van der Waals surface area contributed by atoms with E-state index >= 15 is 0 Å². The molecule has 0 bridgehead atoms. The minimum atomic E-state index is 0.979. The summed E-state index contributed by atoms with van der Waals surface area (Å²) in [6.07, 6.45) is 5.61. The summed E-state index contributed by atoms with van der Waals surface area (Å²) in [5.74, 6) is 0.979. The fraction of sp³-hybridized carbons (Fsp3) is 1.00. The Morgan fingerprint density at radius 1 is 1.33 bits per heavy atom. The van der Waals surface area contributed by atoms with Crippen molar-refractivity contribution in [1.82, 2.24) is 10.2 Å². The van der Waals surface area contributed by atoms with E-state index in [0.29, 0.717) is 0 Å². The van der Waals surface area contributed by atoms with Crippen LogP contribution in [0.5, 0.6) is 0 Å². The smallest absolute Gasteiger partial charge is 0.00200 e. The molecule has 0 aromatic rings. The van der Waals surface area contributed by atoms with Crippen molar-refractivity contribution in [1.29, 1.82) is 0 Å². The third-order valence-corrected chi connectivity index (χ3v) is 2.63. The lowest BCUT2D eigenvalue weighted by Crippen LogP contribution is -2.13. The van der Waals surface area contributed by atoms with Gasteiger partial charge in [-0.2, -0.15) is 0 Å². The Bertz CT molecular complexity index is 106. The number of unbranched alkanes of at least 4 members (excludes halogenated alkanes) is 1. The lowest BCUT2D eigenvalue weighted by Gasteiger charge is -2.10. The second kappa shape index (κ2) is 5.55. The molecule has 1 heterocycles. The first-order valence-electron chi connectivity index (χ1n) is 5.14. The van der Waals surface area contributed by atoms with E-state index in [1.807, 2.05) is 0 Å². The molecule has 12 heavy (non-hydrogen) atoms. The first-order valence-corrected chi connectivity index (χ1v) is 5.14. The predicted molar refractivity (Wildman–Crippen MR) is 53.4 cm³/mol. The molecule has 1 rings (SSSR count). The molecule has 1 N–H and O–H groups in total. The normalized spacial score (nSPS) is 23.8. The van der Waals surface area contributed by atoms with Gasteiger partial charge in [-0.25, -0.2) is 0 Å². The summed E-state index contributed by atoms with van der Waals surface area (Å²) >= 11 is 0. The van der Waals surface area contributed by atoms with Crippen LogP contribution in [-0.4, -0.2) is 38.6 Å². The van der Waals surface area contributed by atoms with Gasteiger partial charge in [0.2, 0.25) is 0 Å². The van der Waals surface area contributed by atoms with E-state index in [0.717, 1.165) is 5.92 Å². The highest BCUT2D eigenvalue weighted by Gasteiger charge is 2.12. The van der Waals surface area contributed by atoms with Gasteiger partial charge < -0.3 is 10.2 Å². The van der Waals surface area contributed by atoms with Crippen molar-refractivity contribution in [2.75, 3.05) is 33.7 Å². The van der Waals surface area contributed by atoms with Gasteiger partial charge in [-0.3, -0.25) is 0 Å². The van der Waals surface area contributed by atoms with Gasteiger partial charge in [-0.05, 0) is 58.9 Å². The zero-order valence-electron chi connectivity index (χ0n) is 8.47. The van der Waals surface area contributed by atoms with Crippen LogP contribution in [0.3, 0.4) is 0 Å². The van der Waals surface area contributed by atoms with Crippen molar-refractivity contribution in [3.63, 3.8) is 0 Å². The Morgan fingerprint density at radius 2 is 2.17 bits per heavy atom. The summed E-state index contributed by atoms with van der Waals surface area (Å²) in [4.78, 5) is 2.27. The Morgan fingerprint density at radius 3 is 2.75 bits per heavy atom. The molecule has 1 aliphatic heterocycles. The maximum atomic E-state index is 3.41. The molecule has 0 aliphatic carbocycles. The fourth-order valence-electron chi connectivity index (χ4n) is 1.82. The van der Waals surface area contributed by atoms with Crippen molar-refractivity contribution < 1.29 is 0 Å². The van der Waals surface area contributed by atoms with Crippen LogP contribution < -0.4 is 5.32 Å². The Hall–Kier alpha value is -0.0800. The van der Waals surface area contributed by atoms with Gasteiger partial charge >= 0.3 is 0 Å². The molecule has 2 heteroatoms. The molecule has 0 radical (unpaired) electrons. The lowest BCUT2D eigenvalue weighted by molar-refractivity contribution is 0.379. The summed E-state index contributed by atoms with van der Waals surface area (Å²) in [7, 11) is 4.30. The average Bonchev–Trinajstić information content (AvgIpc) is 2.49. The summed E-state index contributed by atoms with van der Waals surface area (Å²) in [5.41, 5.74) is 0. The highest BCUT2D eigenvalue weighted by molar-refractivity contribution is 4.70. The third kappa shape index (κ3) is 4.07. The molecule has 1 aliphatic rings. The second-order valence-electron chi connectivity index (χ2n) is 4.16. The van der Waals surface area contributed by atoms with E-state index in [1.165, 1.54) is 45.3 Å². The van der Waals surface area contributed by atoms with Gasteiger partial charge in [0.05, 0.1) is 0 Å². The fourth-order valence-corrected chi connectivity index (χ4v) is 1.82. The molecule has 0 aromatic carbocycles. The summed E-state index contributed by atoms with van der Waals surface area (Å²) in [6, 6.07) is 0. The van der Waals surface area contributed by atoms with Crippen LogP contribution in [0.1, 0.15) is 25.7 Å². The molecule has 1 fully saturated rings. The van der Waals surface area contributed by atoms with Crippen LogP contribution >= 0.6 is 0 Å². The first-order chi connectivity index (χ1) is 5.79. The molecule has 72 valence electrons. The molecule has 1 unspecified atom stereocenters. The van der Waals surface area contributed by atoms with E-state index in [4.69, 9.17) is 0 Å². The van der Waals surface area contributed by atoms with Crippen LogP contribution in [-0.2, 0) is 0 Å². The van der Waals surface area contributed by atoms with Crippen LogP contribution in [0, 0.1) is 5.92 Å². The summed E-state index contributed by atoms with van der Waals surface area (Å²) in [6.45, 7) is 3.76. The number of nitrogens with zero attached hydrogens (tertiary/aromatic N) is 1. The average molecular weight is 170 g/mol. The molecule has 0 spiro atoms.